The molecule has 2 amide bonds. The molecule has 27 heavy (non-hydrogen) atoms. The standard InChI is InChI=1S/C21H24ClFN2O2/c22-17-2-1-3-18(23)16(17)4-5-19(26)24-25-20(27)12-21-9-13-6-14(10-21)8-15(7-13)11-21/h1-5,13-15H,6-12H2,(H,24,26)(H,25,27)/b5-4+. The highest BCUT2D eigenvalue weighted by atomic mass is 35.5. The van der Waals surface area contributed by atoms with E-state index in [9.17, 15) is 14.0 Å². The lowest BCUT2D eigenvalue weighted by Gasteiger charge is -2.56. The van der Waals surface area contributed by atoms with Crippen LogP contribution in [0.3, 0.4) is 0 Å². The van der Waals surface area contributed by atoms with Crippen LogP contribution in [-0.2, 0) is 9.59 Å². The van der Waals surface area contributed by atoms with Crippen LogP contribution in [0.4, 0.5) is 4.39 Å². The molecule has 4 bridgehead atoms. The van der Waals surface area contributed by atoms with Gasteiger partial charge in [0.1, 0.15) is 5.82 Å². The van der Waals surface area contributed by atoms with E-state index in [0.29, 0.717) is 6.42 Å². The first-order valence-electron chi connectivity index (χ1n) is 9.63. The van der Waals surface area contributed by atoms with Crippen LogP contribution in [0.1, 0.15) is 50.5 Å². The number of rotatable bonds is 4. The molecule has 0 aliphatic heterocycles. The van der Waals surface area contributed by atoms with Gasteiger partial charge in [-0.1, -0.05) is 17.7 Å². The molecule has 2 N–H and O–H groups in total. The third kappa shape index (κ3) is 4.03. The largest absolute Gasteiger partial charge is 0.273 e. The number of nitrogens with one attached hydrogen (secondary N) is 2. The van der Waals surface area contributed by atoms with Crippen molar-refractivity contribution >= 4 is 29.5 Å². The normalized spacial score (nSPS) is 31.3. The summed E-state index contributed by atoms with van der Waals surface area (Å²) < 4.78 is 13.7. The predicted molar refractivity (Wildman–Crippen MR) is 102 cm³/mol. The minimum Gasteiger partial charge on any atom is -0.273 e. The smallest absolute Gasteiger partial charge is 0.262 e. The number of halogens is 2. The van der Waals surface area contributed by atoms with Crippen LogP contribution in [-0.4, -0.2) is 11.8 Å². The van der Waals surface area contributed by atoms with E-state index in [-0.39, 0.29) is 21.9 Å². The molecular formula is C21H24ClFN2O2. The molecule has 144 valence electrons. The van der Waals surface area contributed by atoms with Gasteiger partial charge in [0.15, 0.2) is 0 Å². The Morgan fingerprint density at radius 2 is 1.74 bits per heavy atom. The number of hydrogen-bond acceptors (Lipinski definition) is 2. The second-order valence-electron chi connectivity index (χ2n) is 8.60. The third-order valence-corrected chi connectivity index (χ3v) is 6.76. The molecule has 5 rings (SSSR count). The summed E-state index contributed by atoms with van der Waals surface area (Å²) in [4.78, 5) is 24.3. The van der Waals surface area contributed by atoms with Crippen LogP contribution in [0.15, 0.2) is 24.3 Å². The van der Waals surface area contributed by atoms with Gasteiger partial charge in [-0.2, -0.15) is 0 Å². The lowest BCUT2D eigenvalue weighted by atomic mass is 9.49. The zero-order valence-corrected chi connectivity index (χ0v) is 15.9. The van der Waals surface area contributed by atoms with Crippen LogP contribution in [0, 0.1) is 29.0 Å². The highest BCUT2D eigenvalue weighted by molar-refractivity contribution is 6.32. The number of hydrazine groups is 1. The number of benzene rings is 1. The Labute approximate surface area is 163 Å². The van der Waals surface area contributed by atoms with Gasteiger partial charge < -0.3 is 0 Å². The number of amides is 2. The monoisotopic (exact) mass is 390 g/mol. The average molecular weight is 391 g/mol. The van der Waals surface area contributed by atoms with Crippen molar-refractivity contribution in [2.45, 2.75) is 44.9 Å². The molecule has 0 radical (unpaired) electrons. The molecule has 0 saturated heterocycles. The molecule has 0 aromatic heterocycles. The first kappa shape index (κ1) is 18.5. The zero-order valence-electron chi connectivity index (χ0n) is 15.1. The Balaban J connectivity index is 1.29. The molecule has 4 fully saturated rings. The maximum atomic E-state index is 13.7. The fraction of sp³-hybridized carbons (Fsp3) is 0.524. The van der Waals surface area contributed by atoms with Gasteiger partial charge in [0.05, 0.1) is 5.02 Å². The van der Waals surface area contributed by atoms with E-state index in [0.717, 1.165) is 43.1 Å². The van der Waals surface area contributed by atoms with Crippen molar-refractivity contribution in [1.82, 2.24) is 10.9 Å². The lowest BCUT2D eigenvalue weighted by Crippen LogP contribution is -2.49. The maximum Gasteiger partial charge on any atom is 0.262 e. The average Bonchev–Trinajstić information content (AvgIpc) is 2.58. The Bertz CT molecular complexity index is 737. The molecule has 4 nitrogen and oxygen atoms in total. The SMILES string of the molecule is O=C(/C=C/c1c(F)cccc1Cl)NNC(=O)CC12CC3CC(CC(C3)C1)C2. The van der Waals surface area contributed by atoms with Crippen LogP contribution in [0.2, 0.25) is 5.02 Å². The minimum atomic E-state index is -0.520. The molecular weight excluding hydrogens is 367 g/mol. The molecule has 6 heteroatoms. The Kier molecular flexibility index (Phi) is 4.97. The third-order valence-electron chi connectivity index (χ3n) is 6.43. The van der Waals surface area contributed by atoms with Crippen molar-refractivity contribution in [3.05, 3.63) is 40.7 Å². The fourth-order valence-electron chi connectivity index (χ4n) is 5.89. The first-order valence-corrected chi connectivity index (χ1v) is 10.0. The molecule has 4 aliphatic rings. The summed E-state index contributed by atoms with van der Waals surface area (Å²) >= 11 is 5.92. The van der Waals surface area contributed by atoms with Crippen LogP contribution < -0.4 is 10.9 Å². The highest BCUT2D eigenvalue weighted by Crippen LogP contribution is 2.61. The van der Waals surface area contributed by atoms with E-state index in [2.05, 4.69) is 10.9 Å². The van der Waals surface area contributed by atoms with E-state index in [1.165, 1.54) is 37.5 Å². The van der Waals surface area contributed by atoms with Crippen molar-refractivity contribution in [3.63, 3.8) is 0 Å². The predicted octanol–water partition coefficient (Wildman–Crippen LogP) is 4.25. The topological polar surface area (TPSA) is 58.2 Å². The van der Waals surface area contributed by atoms with Crippen molar-refractivity contribution in [2.75, 3.05) is 0 Å². The van der Waals surface area contributed by atoms with E-state index in [1.54, 1.807) is 6.07 Å². The number of hydrogen-bond donors (Lipinski definition) is 2. The summed E-state index contributed by atoms with van der Waals surface area (Å²) in [5, 5.41) is 0.227. The van der Waals surface area contributed by atoms with E-state index in [1.807, 2.05) is 0 Å². The van der Waals surface area contributed by atoms with Crippen LogP contribution in [0.25, 0.3) is 6.08 Å². The van der Waals surface area contributed by atoms with E-state index >= 15 is 0 Å². The molecule has 1 aromatic carbocycles. The molecule has 0 atom stereocenters. The molecule has 0 spiro atoms. The van der Waals surface area contributed by atoms with Crippen molar-refractivity contribution in [1.29, 1.82) is 0 Å². The van der Waals surface area contributed by atoms with Gasteiger partial charge in [0, 0.05) is 18.1 Å². The van der Waals surface area contributed by atoms with Gasteiger partial charge in [-0.05, 0) is 79.9 Å². The van der Waals surface area contributed by atoms with Gasteiger partial charge >= 0.3 is 0 Å². The van der Waals surface area contributed by atoms with Gasteiger partial charge in [-0.3, -0.25) is 20.4 Å². The summed E-state index contributed by atoms with van der Waals surface area (Å²) in [5.74, 6) is 1.18. The number of carbonyl (C=O) groups excluding carboxylic acids is 2. The molecule has 0 unspecified atom stereocenters. The molecule has 0 heterocycles. The quantitative estimate of drug-likeness (QED) is 0.596. The van der Waals surface area contributed by atoms with E-state index < -0.39 is 11.7 Å². The first-order chi connectivity index (χ1) is 12.9. The second kappa shape index (κ2) is 7.27. The number of carbonyl (C=O) groups is 2. The summed E-state index contributed by atoms with van der Waals surface area (Å²) in [6, 6.07) is 4.33. The summed E-state index contributed by atoms with van der Waals surface area (Å²) in [6.45, 7) is 0. The molecule has 1 aromatic rings. The summed E-state index contributed by atoms with van der Waals surface area (Å²) in [7, 11) is 0. The Morgan fingerprint density at radius 1 is 1.11 bits per heavy atom. The van der Waals surface area contributed by atoms with Gasteiger partial charge in [-0.15, -0.1) is 0 Å². The van der Waals surface area contributed by atoms with E-state index in [4.69, 9.17) is 11.6 Å². The summed E-state index contributed by atoms with van der Waals surface area (Å²) in [5.41, 5.74) is 5.16. The maximum absolute atomic E-state index is 13.7. The Hall–Kier alpha value is -1.88. The van der Waals surface area contributed by atoms with Gasteiger partial charge in [0.2, 0.25) is 5.91 Å². The highest BCUT2D eigenvalue weighted by Gasteiger charge is 2.51. The van der Waals surface area contributed by atoms with Gasteiger partial charge in [-0.25, -0.2) is 4.39 Å². The van der Waals surface area contributed by atoms with Crippen LogP contribution in [0.5, 0.6) is 0 Å². The zero-order chi connectivity index (χ0) is 19.0. The Morgan fingerprint density at radius 3 is 2.33 bits per heavy atom. The van der Waals surface area contributed by atoms with Crippen molar-refractivity contribution < 1.29 is 14.0 Å². The summed E-state index contributed by atoms with van der Waals surface area (Å²) in [6.07, 6.45) is 10.4. The minimum absolute atomic E-state index is 0.125. The van der Waals surface area contributed by atoms with Gasteiger partial charge in [0.25, 0.3) is 5.91 Å². The lowest BCUT2D eigenvalue weighted by molar-refractivity contribution is -0.133. The molecule has 4 saturated carbocycles. The fourth-order valence-corrected chi connectivity index (χ4v) is 6.12. The van der Waals surface area contributed by atoms with Crippen LogP contribution >= 0.6 is 11.6 Å². The molecule has 4 aliphatic carbocycles. The van der Waals surface area contributed by atoms with Crippen molar-refractivity contribution in [3.8, 4) is 0 Å². The van der Waals surface area contributed by atoms with Crippen molar-refractivity contribution in [2.24, 2.45) is 23.2 Å². The second-order valence-corrected chi connectivity index (χ2v) is 9.01.